The molecule has 1 amide bonds. The smallest absolute Gasteiger partial charge is 0.292 e. The van der Waals surface area contributed by atoms with Gasteiger partial charge in [-0.15, -0.1) is 0 Å². The minimum Gasteiger partial charge on any atom is -0.379 e. The van der Waals surface area contributed by atoms with Crippen molar-refractivity contribution in [3.63, 3.8) is 0 Å². The third-order valence-electron chi connectivity index (χ3n) is 4.15. The van der Waals surface area contributed by atoms with Crippen LogP contribution in [0.3, 0.4) is 0 Å². The maximum atomic E-state index is 11.8. The van der Waals surface area contributed by atoms with Crippen molar-refractivity contribution in [2.45, 2.75) is 33.1 Å². The van der Waals surface area contributed by atoms with Crippen molar-refractivity contribution in [2.75, 3.05) is 18.4 Å². The lowest BCUT2D eigenvalue weighted by molar-refractivity contribution is -0.384. The average Bonchev–Trinajstić information content (AvgIpc) is 3.25. The van der Waals surface area contributed by atoms with Crippen LogP contribution in [0.5, 0.6) is 0 Å². The molecule has 1 saturated carbocycles. The highest BCUT2D eigenvalue weighted by Crippen LogP contribution is 2.48. The van der Waals surface area contributed by atoms with Gasteiger partial charge in [-0.1, -0.05) is 6.92 Å². The maximum Gasteiger partial charge on any atom is 0.292 e. The van der Waals surface area contributed by atoms with E-state index in [1.807, 2.05) is 6.92 Å². The number of amides is 1. The van der Waals surface area contributed by atoms with Gasteiger partial charge < -0.3 is 10.6 Å². The Bertz CT molecular complexity index is 553. The highest BCUT2D eigenvalue weighted by atomic mass is 16.6. The second-order valence-electron chi connectivity index (χ2n) is 5.56. The van der Waals surface area contributed by atoms with Gasteiger partial charge in [0.1, 0.15) is 5.69 Å². The predicted octanol–water partition coefficient (Wildman–Crippen LogP) is 2.95. The van der Waals surface area contributed by atoms with Crippen LogP contribution < -0.4 is 10.6 Å². The Morgan fingerprint density at radius 2 is 2.10 bits per heavy atom. The Labute approximate surface area is 124 Å². The van der Waals surface area contributed by atoms with Gasteiger partial charge in [0.2, 0.25) is 0 Å². The molecule has 1 aromatic rings. The second kappa shape index (κ2) is 6.11. The molecule has 0 saturated heterocycles. The largest absolute Gasteiger partial charge is 0.379 e. The lowest BCUT2D eigenvalue weighted by atomic mass is 10.0. The molecule has 114 valence electrons. The first-order valence-corrected chi connectivity index (χ1v) is 7.32. The first-order valence-electron chi connectivity index (χ1n) is 7.32. The van der Waals surface area contributed by atoms with Gasteiger partial charge in [0.05, 0.1) is 4.92 Å². The summed E-state index contributed by atoms with van der Waals surface area (Å²) < 4.78 is 0. The number of carbonyl (C=O) groups is 1. The third kappa shape index (κ3) is 3.51. The van der Waals surface area contributed by atoms with Crippen molar-refractivity contribution < 1.29 is 9.72 Å². The van der Waals surface area contributed by atoms with E-state index in [1.54, 1.807) is 6.07 Å². The van der Waals surface area contributed by atoms with Gasteiger partial charge >= 0.3 is 0 Å². The molecule has 2 rings (SSSR count). The Morgan fingerprint density at radius 1 is 1.38 bits per heavy atom. The Kier molecular flexibility index (Phi) is 4.45. The van der Waals surface area contributed by atoms with E-state index in [1.165, 1.54) is 12.1 Å². The number of carbonyl (C=O) groups excluding carboxylic acids is 1. The van der Waals surface area contributed by atoms with Crippen LogP contribution in [-0.4, -0.2) is 23.9 Å². The topological polar surface area (TPSA) is 84.3 Å². The summed E-state index contributed by atoms with van der Waals surface area (Å²) in [5.74, 6) is -0.216. The zero-order chi connectivity index (χ0) is 15.5. The number of nitro groups is 1. The molecule has 0 bridgehead atoms. The monoisotopic (exact) mass is 291 g/mol. The summed E-state index contributed by atoms with van der Waals surface area (Å²) in [5, 5.41) is 17.0. The van der Waals surface area contributed by atoms with E-state index < -0.39 is 4.92 Å². The average molecular weight is 291 g/mol. The van der Waals surface area contributed by atoms with E-state index in [2.05, 4.69) is 17.6 Å². The molecular formula is C15H21N3O3. The first kappa shape index (κ1) is 15.3. The summed E-state index contributed by atoms with van der Waals surface area (Å²) in [7, 11) is 0. The van der Waals surface area contributed by atoms with E-state index in [0.717, 1.165) is 19.3 Å². The molecule has 0 spiro atoms. The number of hydrogen-bond donors (Lipinski definition) is 2. The quantitative estimate of drug-likeness (QED) is 0.597. The summed E-state index contributed by atoms with van der Waals surface area (Å²) in [6.45, 7) is 5.20. The zero-order valence-electron chi connectivity index (χ0n) is 12.4. The highest BCUT2D eigenvalue weighted by Gasteiger charge is 2.40. The molecule has 0 heterocycles. The summed E-state index contributed by atoms with van der Waals surface area (Å²) in [6.07, 6.45) is 3.37. The lowest BCUT2D eigenvalue weighted by Crippen LogP contribution is -2.23. The normalized spacial score (nSPS) is 15.3. The van der Waals surface area contributed by atoms with Gasteiger partial charge in [-0.3, -0.25) is 14.9 Å². The van der Waals surface area contributed by atoms with Crippen molar-refractivity contribution >= 4 is 17.3 Å². The second-order valence-corrected chi connectivity index (χ2v) is 5.56. The summed E-state index contributed by atoms with van der Waals surface area (Å²) in [5.41, 5.74) is 1.14. The summed E-state index contributed by atoms with van der Waals surface area (Å²) >= 11 is 0. The van der Waals surface area contributed by atoms with E-state index in [9.17, 15) is 14.9 Å². The van der Waals surface area contributed by atoms with Gasteiger partial charge in [0.25, 0.3) is 11.6 Å². The number of nitrogens with zero attached hydrogens (tertiary/aromatic N) is 1. The van der Waals surface area contributed by atoms with Crippen LogP contribution in [0.15, 0.2) is 18.2 Å². The third-order valence-corrected chi connectivity index (χ3v) is 4.15. The van der Waals surface area contributed by atoms with Crippen LogP contribution >= 0.6 is 0 Å². The Hall–Kier alpha value is -2.11. The molecule has 1 aliphatic rings. The molecule has 1 aromatic carbocycles. The number of rotatable bonds is 7. The number of benzene rings is 1. The van der Waals surface area contributed by atoms with Gasteiger partial charge in [0.15, 0.2) is 0 Å². The number of nitrogens with one attached hydrogen (secondary N) is 2. The minimum absolute atomic E-state index is 0.00921. The van der Waals surface area contributed by atoms with E-state index in [-0.39, 0.29) is 17.0 Å². The molecule has 6 heteroatoms. The number of anilines is 1. The molecule has 6 nitrogen and oxygen atoms in total. The SMILES string of the molecule is CCNC(=O)c1ccc([N+](=O)[O-])c(NCC2(CC)CC2)c1. The Morgan fingerprint density at radius 3 is 2.62 bits per heavy atom. The standard InChI is InChI=1S/C15H21N3O3/c1-3-15(7-8-15)10-17-12-9-11(14(19)16-4-2)5-6-13(12)18(20)21/h5-6,9,17H,3-4,7-8,10H2,1-2H3,(H,16,19). The molecule has 1 aliphatic carbocycles. The van der Waals surface area contributed by atoms with Crippen LogP contribution in [0, 0.1) is 15.5 Å². The lowest BCUT2D eigenvalue weighted by Gasteiger charge is -2.15. The van der Waals surface area contributed by atoms with Crippen molar-refractivity contribution in [3.05, 3.63) is 33.9 Å². The molecule has 0 aliphatic heterocycles. The number of hydrogen-bond acceptors (Lipinski definition) is 4. The zero-order valence-corrected chi connectivity index (χ0v) is 12.4. The van der Waals surface area contributed by atoms with Crippen LogP contribution in [0.25, 0.3) is 0 Å². The molecular weight excluding hydrogens is 270 g/mol. The fourth-order valence-corrected chi connectivity index (χ4v) is 2.36. The van der Waals surface area contributed by atoms with E-state index in [4.69, 9.17) is 0 Å². The van der Waals surface area contributed by atoms with Gasteiger partial charge in [-0.05, 0) is 43.7 Å². The molecule has 2 N–H and O–H groups in total. The molecule has 1 fully saturated rings. The van der Waals surface area contributed by atoms with E-state index >= 15 is 0 Å². The molecule has 0 unspecified atom stereocenters. The van der Waals surface area contributed by atoms with Crippen molar-refractivity contribution in [2.24, 2.45) is 5.41 Å². The maximum absolute atomic E-state index is 11.8. The highest BCUT2D eigenvalue weighted by molar-refractivity contribution is 5.95. The van der Waals surface area contributed by atoms with Crippen LogP contribution in [0.2, 0.25) is 0 Å². The van der Waals surface area contributed by atoms with Gasteiger partial charge in [0, 0.05) is 24.7 Å². The molecule has 21 heavy (non-hydrogen) atoms. The molecule has 0 radical (unpaired) electrons. The molecule has 0 aromatic heterocycles. The summed E-state index contributed by atoms with van der Waals surface area (Å²) in [6, 6.07) is 4.44. The van der Waals surface area contributed by atoms with E-state index in [0.29, 0.717) is 24.3 Å². The van der Waals surface area contributed by atoms with Crippen LogP contribution in [0.4, 0.5) is 11.4 Å². The van der Waals surface area contributed by atoms with Crippen molar-refractivity contribution in [3.8, 4) is 0 Å². The fourth-order valence-electron chi connectivity index (χ4n) is 2.36. The Balaban J connectivity index is 2.20. The van der Waals surface area contributed by atoms with Gasteiger partial charge in [-0.25, -0.2) is 0 Å². The molecule has 0 atom stereocenters. The minimum atomic E-state index is -0.421. The predicted molar refractivity (Wildman–Crippen MR) is 81.6 cm³/mol. The van der Waals surface area contributed by atoms with Gasteiger partial charge in [-0.2, -0.15) is 0 Å². The van der Waals surface area contributed by atoms with Crippen molar-refractivity contribution in [1.82, 2.24) is 5.32 Å². The first-order chi connectivity index (χ1) is 10.0. The van der Waals surface area contributed by atoms with Crippen molar-refractivity contribution in [1.29, 1.82) is 0 Å². The van der Waals surface area contributed by atoms with Crippen LogP contribution in [-0.2, 0) is 0 Å². The summed E-state index contributed by atoms with van der Waals surface area (Å²) in [4.78, 5) is 22.5. The number of nitro benzene ring substituents is 1. The fraction of sp³-hybridized carbons (Fsp3) is 0.533. The van der Waals surface area contributed by atoms with Crippen LogP contribution in [0.1, 0.15) is 43.5 Å².